The molecule has 0 bridgehead atoms. The van der Waals surface area contributed by atoms with E-state index in [1.54, 1.807) is 0 Å². The molecule has 2 heterocycles. The van der Waals surface area contributed by atoms with Crippen molar-refractivity contribution in [3.8, 4) is 0 Å². The van der Waals surface area contributed by atoms with Crippen LogP contribution in [0.3, 0.4) is 0 Å². The van der Waals surface area contributed by atoms with E-state index in [-0.39, 0.29) is 11.4 Å². The molecule has 12 nitrogen and oxygen atoms in total. The van der Waals surface area contributed by atoms with Crippen LogP contribution in [-0.4, -0.2) is 49.8 Å². The zero-order chi connectivity index (χ0) is 17.4. The van der Waals surface area contributed by atoms with Gasteiger partial charge in [-0.25, -0.2) is 4.79 Å². The van der Waals surface area contributed by atoms with Gasteiger partial charge >= 0.3 is 5.69 Å². The van der Waals surface area contributed by atoms with Crippen molar-refractivity contribution in [2.45, 2.75) is 31.1 Å². The van der Waals surface area contributed by atoms with Crippen LogP contribution in [0.5, 0.6) is 0 Å². The van der Waals surface area contributed by atoms with Gasteiger partial charge in [-0.15, -0.1) is 0 Å². The Labute approximate surface area is 129 Å². The summed E-state index contributed by atoms with van der Waals surface area (Å²) >= 11 is 0. The molecule has 23 heavy (non-hydrogen) atoms. The van der Waals surface area contributed by atoms with E-state index in [0.717, 1.165) is 10.8 Å². The molecule has 0 aromatic carbocycles. The number of nitrogen functional groups attached to an aromatic ring is 1. The van der Waals surface area contributed by atoms with E-state index >= 15 is 0 Å². The molecule has 1 fully saturated rings. The quantitative estimate of drug-likeness (QED) is 0.374. The van der Waals surface area contributed by atoms with Gasteiger partial charge in [-0.05, 0) is 0 Å². The SMILES string of the molecule is Nc1nc(=O)n([C@@H]2O[C@H](COP(=O)([O-])[O-])[C@@H](O)[C@H]2O)cc1CO. The Morgan fingerprint density at radius 2 is 2.09 bits per heavy atom. The van der Waals surface area contributed by atoms with E-state index in [0.29, 0.717) is 0 Å². The third-order valence-electron chi connectivity index (χ3n) is 3.24. The normalized spacial score (nSPS) is 28.2. The number of aromatic nitrogens is 2. The van der Waals surface area contributed by atoms with Gasteiger partial charge < -0.3 is 44.7 Å². The fourth-order valence-electron chi connectivity index (χ4n) is 2.09. The number of nitrogens with zero attached hydrogens (tertiary/aromatic N) is 2. The molecule has 4 atom stereocenters. The highest BCUT2D eigenvalue weighted by Crippen LogP contribution is 2.32. The number of hydrogen-bond acceptors (Lipinski definition) is 11. The van der Waals surface area contributed by atoms with E-state index in [1.807, 2.05) is 0 Å². The second-order valence-corrected chi connectivity index (χ2v) is 5.94. The van der Waals surface area contributed by atoms with Gasteiger partial charge in [0.2, 0.25) is 0 Å². The van der Waals surface area contributed by atoms with E-state index in [9.17, 15) is 29.4 Å². The van der Waals surface area contributed by atoms with Crippen molar-refractivity contribution in [1.29, 1.82) is 0 Å². The number of ether oxygens (including phenoxy) is 1. The van der Waals surface area contributed by atoms with E-state index < -0.39 is 51.3 Å². The summed E-state index contributed by atoms with van der Waals surface area (Å²) in [6, 6.07) is 0. The first kappa shape index (κ1) is 18.0. The van der Waals surface area contributed by atoms with Crippen molar-refractivity contribution < 1.29 is 38.9 Å². The highest BCUT2D eigenvalue weighted by atomic mass is 31.2. The minimum atomic E-state index is -5.29. The summed E-state index contributed by atoms with van der Waals surface area (Å²) in [5.41, 5.74) is 4.59. The van der Waals surface area contributed by atoms with Crippen molar-refractivity contribution in [2.24, 2.45) is 0 Å². The molecular formula is C10H14N3O9P-2. The molecule has 13 heteroatoms. The number of aliphatic hydroxyl groups is 3. The van der Waals surface area contributed by atoms with Gasteiger partial charge in [0.1, 0.15) is 24.1 Å². The Balaban J connectivity index is 2.24. The molecule has 0 saturated carbocycles. The van der Waals surface area contributed by atoms with Gasteiger partial charge in [0.05, 0.1) is 21.0 Å². The molecule has 2 rings (SSSR count). The van der Waals surface area contributed by atoms with Crippen molar-refractivity contribution >= 4 is 13.6 Å². The Bertz CT molecular complexity index is 674. The highest BCUT2D eigenvalue weighted by Gasteiger charge is 2.44. The molecule has 0 spiro atoms. The second kappa shape index (κ2) is 6.63. The maximum absolute atomic E-state index is 11.8. The zero-order valence-corrected chi connectivity index (χ0v) is 12.4. The predicted molar refractivity (Wildman–Crippen MR) is 68.3 cm³/mol. The summed E-state index contributed by atoms with van der Waals surface area (Å²) in [5, 5.41) is 28.8. The molecule has 0 aliphatic carbocycles. The fourth-order valence-corrected chi connectivity index (χ4v) is 2.42. The van der Waals surface area contributed by atoms with Gasteiger partial charge in [0.15, 0.2) is 6.23 Å². The molecule has 1 aliphatic rings. The second-order valence-electron chi connectivity index (χ2n) is 4.79. The van der Waals surface area contributed by atoms with Crippen LogP contribution in [0.4, 0.5) is 5.82 Å². The zero-order valence-electron chi connectivity index (χ0n) is 11.5. The van der Waals surface area contributed by atoms with E-state index in [1.165, 1.54) is 0 Å². The van der Waals surface area contributed by atoms with Crippen LogP contribution >= 0.6 is 7.82 Å². The minimum absolute atomic E-state index is 0.0817. The third-order valence-corrected chi connectivity index (χ3v) is 3.70. The van der Waals surface area contributed by atoms with Gasteiger partial charge in [-0.1, -0.05) is 0 Å². The minimum Gasteiger partial charge on any atom is -0.790 e. The molecule has 5 N–H and O–H groups in total. The van der Waals surface area contributed by atoms with E-state index in [2.05, 4.69) is 9.51 Å². The Kier molecular flexibility index (Phi) is 5.18. The number of hydrogen-bond donors (Lipinski definition) is 4. The molecule has 0 unspecified atom stereocenters. The van der Waals surface area contributed by atoms with Crippen LogP contribution in [0.1, 0.15) is 11.8 Å². The summed E-state index contributed by atoms with van der Waals surface area (Å²) in [4.78, 5) is 36.1. The fraction of sp³-hybridized carbons (Fsp3) is 0.600. The number of nitrogens with two attached hydrogens (primary N) is 1. The summed E-state index contributed by atoms with van der Waals surface area (Å²) in [6.45, 7) is -1.37. The van der Waals surface area contributed by atoms with Crippen molar-refractivity contribution in [2.75, 3.05) is 12.3 Å². The molecule has 1 aliphatic heterocycles. The van der Waals surface area contributed by atoms with Gasteiger partial charge in [0, 0.05) is 11.8 Å². The number of anilines is 1. The standard InChI is InChI=1S/C10H16N3O9P/c11-8-4(2-14)1-13(10(17)12-8)9-7(16)6(15)5(22-9)3-21-23(18,19)20/h1,5-7,9,14-16H,2-3H2,(H2,11,12,17)(H2,18,19,20)/p-2/t5-,6-,7-,9-/m1/s1. The first-order valence-electron chi connectivity index (χ1n) is 6.30. The maximum Gasteiger partial charge on any atom is 0.351 e. The van der Waals surface area contributed by atoms with Crippen LogP contribution in [0.25, 0.3) is 0 Å². The molecular weight excluding hydrogens is 337 g/mol. The summed E-state index contributed by atoms with van der Waals surface area (Å²) in [5.74, 6) is -0.208. The monoisotopic (exact) mass is 351 g/mol. The van der Waals surface area contributed by atoms with Crippen LogP contribution in [0, 0.1) is 0 Å². The van der Waals surface area contributed by atoms with Gasteiger partial charge in [-0.3, -0.25) is 4.57 Å². The van der Waals surface area contributed by atoms with Crippen LogP contribution < -0.4 is 21.2 Å². The maximum atomic E-state index is 11.8. The molecule has 1 aromatic rings. The van der Waals surface area contributed by atoms with Crippen LogP contribution in [0.15, 0.2) is 11.0 Å². The number of rotatable bonds is 5. The number of phosphoric acid groups is 1. The molecule has 1 aromatic heterocycles. The largest absolute Gasteiger partial charge is 0.790 e. The van der Waals surface area contributed by atoms with E-state index in [4.69, 9.17) is 15.6 Å². The number of phosphoric ester groups is 1. The van der Waals surface area contributed by atoms with Crippen LogP contribution in [0.2, 0.25) is 0 Å². The Morgan fingerprint density at radius 3 is 2.65 bits per heavy atom. The lowest BCUT2D eigenvalue weighted by Crippen LogP contribution is -2.36. The topological polar surface area (TPSA) is 203 Å². The molecule has 0 radical (unpaired) electrons. The Morgan fingerprint density at radius 1 is 1.43 bits per heavy atom. The average molecular weight is 351 g/mol. The lowest BCUT2D eigenvalue weighted by atomic mass is 10.1. The molecule has 130 valence electrons. The average Bonchev–Trinajstić information content (AvgIpc) is 2.73. The highest BCUT2D eigenvalue weighted by molar-refractivity contribution is 7.43. The molecule has 0 amide bonds. The summed E-state index contributed by atoms with van der Waals surface area (Å²) in [7, 11) is -5.29. The Hall–Kier alpha value is -1.37. The van der Waals surface area contributed by atoms with Crippen molar-refractivity contribution in [3.05, 3.63) is 22.2 Å². The number of aliphatic hydroxyl groups excluding tert-OH is 3. The lowest BCUT2D eigenvalue weighted by molar-refractivity contribution is -0.343. The predicted octanol–water partition coefficient (Wildman–Crippen LogP) is -4.22. The van der Waals surface area contributed by atoms with Crippen molar-refractivity contribution in [3.63, 3.8) is 0 Å². The summed E-state index contributed by atoms with van der Waals surface area (Å²) in [6.07, 6.45) is -4.96. The summed E-state index contributed by atoms with van der Waals surface area (Å²) < 4.78 is 20.4. The van der Waals surface area contributed by atoms with Crippen LogP contribution in [-0.2, 0) is 20.4 Å². The first-order chi connectivity index (χ1) is 10.6. The lowest BCUT2D eigenvalue weighted by Gasteiger charge is -2.30. The van der Waals surface area contributed by atoms with Gasteiger partial charge in [-0.2, -0.15) is 4.98 Å². The smallest absolute Gasteiger partial charge is 0.351 e. The first-order valence-corrected chi connectivity index (χ1v) is 7.76. The molecule has 1 saturated heterocycles. The van der Waals surface area contributed by atoms with Gasteiger partial charge in [0.25, 0.3) is 0 Å². The third kappa shape index (κ3) is 3.94. The van der Waals surface area contributed by atoms with Crippen molar-refractivity contribution in [1.82, 2.24) is 9.55 Å².